The van der Waals surface area contributed by atoms with Crippen LogP contribution in [-0.2, 0) is 11.2 Å². The smallest absolute Gasteiger partial charge is 0.116 e. The van der Waals surface area contributed by atoms with Crippen molar-refractivity contribution in [2.24, 2.45) is 0 Å². The highest BCUT2D eigenvalue weighted by atomic mass is 35.5. The first-order valence-electron chi connectivity index (χ1n) is 10.1. The van der Waals surface area contributed by atoms with Gasteiger partial charge in [-0.1, -0.05) is 17.7 Å². The fraction of sp³-hybridized carbons (Fsp3) is 0.348. The van der Waals surface area contributed by atoms with Gasteiger partial charge in [0.05, 0.1) is 23.3 Å². The second kappa shape index (κ2) is 7.39. The predicted octanol–water partition coefficient (Wildman–Crippen LogP) is 5.27. The number of hydrogen-bond donors (Lipinski definition) is 0. The lowest BCUT2D eigenvalue weighted by atomic mass is 10.0. The molecule has 5 rings (SSSR count). The topological polar surface area (TPSA) is 52.8 Å². The van der Waals surface area contributed by atoms with Crippen molar-refractivity contribution in [2.75, 3.05) is 6.61 Å². The highest BCUT2D eigenvalue weighted by molar-refractivity contribution is 6.31. The molecule has 3 aromatic heterocycles. The first-order valence-corrected chi connectivity index (χ1v) is 10.4. The summed E-state index contributed by atoms with van der Waals surface area (Å²) in [7, 11) is 0. The van der Waals surface area contributed by atoms with Gasteiger partial charge in [0.1, 0.15) is 11.3 Å². The number of ether oxygens (including phenoxy) is 1. The zero-order valence-electron chi connectivity index (χ0n) is 16.6. The lowest BCUT2D eigenvalue weighted by Crippen LogP contribution is -2.26. The van der Waals surface area contributed by atoms with Gasteiger partial charge < -0.3 is 9.30 Å². The van der Waals surface area contributed by atoms with Crippen LogP contribution in [0, 0.1) is 6.92 Å². The summed E-state index contributed by atoms with van der Waals surface area (Å²) in [5, 5.41) is 1.76. The van der Waals surface area contributed by atoms with Crippen molar-refractivity contribution in [1.82, 2.24) is 19.5 Å². The third-order valence-corrected chi connectivity index (χ3v) is 5.92. The summed E-state index contributed by atoms with van der Waals surface area (Å²) in [6.07, 6.45) is 6.63. The first-order chi connectivity index (χ1) is 14.1. The minimum atomic E-state index is 0.230. The van der Waals surface area contributed by atoms with Gasteiger partial charge in [-0.05, 0) is 56.5 Å². The first kappa shape index (κ1) is 18.5. The van der Waals surface area contributed by atoms with E-state index in [0.717, 1.165) is 58.5 Å². The Kier molecular flexibility index (Phi) is 4.72. The van der Waals surface area contributed by atoms with E-state index >= 15 is 0 Å². The lowest BCUT2D eigenvalue weighted by Gasteiger charge is -2.30. The molecule has 1 fully saturated rings. The molecule has 1 unspecified atom stereocenters. The van der Waals surface area contributed by atoms with E-state index in [1.807, 2.05) is 30.6 Å². The second-order valence-electron chi connectivity index (χ2n) is 7.91. The number of imidazole rings is 1. The van der Waals surface area contributed by atoms with Crippen LogP contribution in [0.4, 0.5) is 0 Å². The monoisotopic (exact) mass is 406 g/mol. The van der Waals surface area contributed by atoms with Crippen LogP contribution in [0.1, 0.15) is 42.9 Å². The highest BCUT2D eigenvalue weighted by Crippen LogP contribution is 2.34. The van der Waals surface area contributed by atoms with Crippen LogP contribution in [0.3, 0.4) is 0 Å². The Balaban J connectivity index is 1.72. The average molecular weight is 407 g/mol. The Morgan fingerprint density at radius 2 is 2.03 bits per heavy atom. The Bertz CT molecular complexity index is 1190. The van der Waals surface area contributed by atoms with E-state index in [4.69, 9.17) is 21.3 Å². The molecule has 1 saturated heterocycles. The summed E-state index contributed by atoms with van der Waals surface area (Å²) >= 11 is 6.34. The van der Waals surface area contributed by atoms with Crippen LogP contribution >= 0.6 is 11.6 Å². The van der Waals surface area contributed by atoms with Gasteiger partial charge in [0, 0.05) is 41.4 Å². The summed E-state index contributed by atoms with van der Waals surface area (Å²) < 4.78 is 8.22. The fourth-order valence-corrected chi connectivity index (χ4v) is 4.46. The molecule has 0 N–H and O–H groups in total. The molecule has 0 aliphatic carbocycles. The van der Waals surface area contributed by atoms with Crippen LogP contribution in [0.25, 0.3) is 21.9 Å². The van der Waals surface area contributed by atoms with E-state index in [0.29, 0.717) is 17.5 Å². The molecule has 4 heterocycles. The van der Waals surface area contributed by atoms with Gasteiger partial charge in [0.15, 0.2) is 0 Å². The van der Waals surface area contributed by atoms with Crippen molar-refractivity contribution in [2.45, 2.75) is 45.3 Å². The maximum Gasteiger partial charge on any atom is 0.116 e. The molecule has 0 spiro atoms. The molecule has 1 aliphatic heterocycles. The van der Waals surface area contributed by atoms with E-state index < -0.39 is 0 Å². The lowest BCUT2D eigenvalue weighted by molar-refractivity contribution is 0.00631. The van der Waals surface area contributed by atoms with E-state index in [1.54, 1.807) is 0 Å². The third-order valence-electron chi connectivity index (χ3n) is 5.69. The molecule has 0 radical (unpaired) electrons. The number of aromatic nitrogens is 4. The van der Waals surface area contributed by atoms with Gasteiger partial charge in [-0.15, -0.1) is 0 Å². The molecule has 29 heavy (non-hydrogen) atoms. The van der Waals surface area contributed by atoms with Crippen molar-refractivity contribution < 1.29 is 4.74 Å². The molecule has 1 aromatic carbocycles. The summed E-state index contributed by atoms with van der Waals surface area (Å²) in [6, 6.07) is 10.4. The minimum Gasteiger partial charge on any atom is -0.378 e. The Morgan fingerprint density at radius 1 is 1.14 bits per heavy atom. The van der Waals surface area contributed by atoms with Crippen molar-refractivity contribution in [1.29, 1.82) is 0 Å². The minimum absolute atomic E-state index is 0.230. The quantitative estimate of drug-likeness (QED) is 0.465. The molecule has 1 aliphatic rings. The second-order valence-corrected chi connectivity index (χ2v) is 8.35. The van der Waals surface area contributed by atoms with Gasteiger partial charge in [0.2, 0.25) is 0 Å². The molecule has 4 aromatic rings. The molecular weight excluding hydrogens is 384 g/mol. The normalized spacial score (nSPS) is 19.8. The number of aryl methyl sites for hydroxylation is 1. The zero-order chi connectivity index (χ0) is 20.0. The largest absolute Gasteiger partial charge is 0.378 e. The van der Waals surface area contributed by atoms with E-state index in [-0.39, 0.29) is 6.10 Å². The van der Waals surface area contributed by atoms with Crippen LogP contribution in [-0.4, -0.2) is 32.2 Å². The molecule has 6 heteroatoms. The van der Waals surface area contributed by atoms with Crippen LogP contribution < -0.4 is 0 Å². The number of nitrogens with zero attached hydrogens (tertiary/aromatic N) is 4. The number of halogens is 1. The van der Waals surface area contributed by atoms with Crippen molar-refractivity contribution in [3.05, 3.63) is 64.8 Å². The molecule has 0 bridgehead atoms. The van der Waals surface area contributed by atoms with Gasteiger partial charge >= 0.3 is 0 Å². The fourth-order valence-electron chi connectivity index (χ4n) is 4.29. The predicted molar refractivity (Wildman–Crippen MR) is 116 cm³/mol. The van der Waals surface area contributed by atoms with Crippen LogP contribution in [0.2, 0.25) is 5.02 Å². The summed E-state index contributed by atoms with van der Waals surface area (Å²) in [5.74, 6) is 1.02. The Labute approximate surface area is 174 Å². The van der Waals surface area contributed by atoms with E-state index in [2.05, 4.69) is 40.5 Å². The van der Waals surface area contributed by atoms with Gasteiger partial charge in [0.25, 0.3) is 0 Å². The summed E-state index contributed by atoms with van der Waals surface area (Å²) in [6.45, 7) is 4.96. The molecular formula is C23H23ClN4O. The zero-order valence-corrected chi connectivity index (χ0v) is 17.4. The van der Waals surface area contributed by atoms with E-state index in [9.17, 15) is 0 Å². The number of rotatable bonds is 3. The third kappa shape index (κ3) is 3.49. The van der Waals surface area contributed by atoms with Gasteiger partial charge in [-0.25, -0.2) is 4.98 Å². The maximum absolute atomic E-state index is 6.34. The number of pyridine rings is 2. The Hall–Kier alpha value is -2.50. The standard InChI is InChI=1S/C23H23ClN4O/c1-14-3-5-17(25-12-14)11-22-27-21-13-26-20-6-4-16(24)10-19(20)23(21)28(22)18-7-8-29-15(2)9-18/h3-6,10,12-13,15,18H,7-9,11H2,1-2H3/t15-,18?/m1/s1. The number of fused-ring (bicyclic) bond motifs is 3. The molecule has 148 valence electrons. The summed E-state index contributed by atoms with van der Waals surface area (Å²) in [5.41, 5.74) is 5.12. The molecule has 2 atom stereocenters. The highest BCUT2D eigenvalue weighted by Gasteiger charge is 2.26. The Morgan fingerprint density at radius 3 is 2.83 bits per heavy atom. The maximum atomic E-state index is 6.34. The van der Waals surface area contributed by atoms with Crippen LogP contribution in [0.15, 0.2) is 42.7 Å². The van der Waals surface area contributed by atoms with Crippen molar-refractivity contribution >= 4 is 33.5 Å². The van der Waals surface area contributed by atoms with Crippen molar-refractivity contribution in [3.8, 4) is 0 Å². The van der Waals surface area contributed by atoms with Crippen molar-refractivity contribution in [3.63, 3.8) is 0 Å². The molecule has 0 saturated carbocycles. The summed E-state index contributed by atoms with van der Waals surface area (Å²) in [4.78, 5) is 14.2. The SMILES string of the molecule is Cc1ccc(Cc2nc3cnc4ccc(Cl)cc4c3n2C2CCO[C@H](C)C2)nc1. The van der Waals surface area contributed by atoms with Gasteiger partial charge in [-0.3, -0.25) is 9.97 Å². The number of hydrogen-bond acceptors (Lipinski definition) is 4. The molecule has 0 amide bonds. The number of benzene rings is 1. The average Bonchev–Trinajstić information content (AvgIpc) is 3.08. The molecule has 5 nitrogen and oxygen atoms in total. The van der Waals surface area contributed by atoms with E-state index in [1.165, 1.54) is 0 Å². The van der Waals surface area contributed by atoms with Gasteiger partial charge in [-0.2, -0.15) is 0 Å². The van der Waals surface area contributed by atoms with Crippen LogP contribution in [0.5, 0.6) is 0 Å².